The molecule has 0 saturated carbocycles. The first-order valence-corrected chi connectivity index (χ1v) is 9.17. The Bertz CT molecular complexity index is 900. The summed E-state index contributed by atoms with van der Waals surface area (Å²) >= 11 is 5.94. The molecule has 1 N–H and O–H groups in total. The number of para-hydroxylation sites is 1. The lowest BCUT2D eigenvalue weighted by Crippen LogP contribution is -2.30. The second-order valence-electron chi connectivity index (χ2n) is 6.35. The van der Waals surface area contributed by atoms with Gasteiger partial charge in [0.1, 0.15) is 0 Å². The molecule has 0 aliphatic heterocycles. The van der Waals surface area contributed by atoms with E-state index in [0.29, 0.717) is 5.69 Å². The van der Waals surface area contributed by atoms with Gasteiger partial charge in [-0.05, 0) is 37.0 Å². The Kier molecular flexibility index (Phi) is 7.12. The standard InChI is InChI=1S/C20H21ClN2O5/c1-4-12(2)15-7-5-6-8-18(15)22-19(24)13(3)28-20(25)16-11-14(23(26)27)9-10-17(16)21/h5-13H,4H2,1-3H3,(H,22,24)/t12-,13-/m0/s1. The number of nitro benzene ring substituents is 1. The number of hydrogen-bond acceptors (Lipinski definition) is 5. The van der Waals surface area contributed by atoms with Gasteiger partial charge >= 0.3 is 5.97 Å². The molecule has 0 aliphatic carbocycles. The van der Waals surface area contributed by atoms with E-state index in [0.717, 1.165) is 18.1 Å². The maximum atomic E-state index is 12.5. The van der Waals surface area contributed by atoms with E-state index in [1.54, 1.807) is 12.1 Å². The molecule has 2 atom stereocenters. The van der Waals surface area contributed by atoms with E-state index in [-0.39, 0.29) is 22.2 Å². The molecule has 0 bridgehead atoms. The summed E-state index contributed by atoms with van der Waals surface area (Å²) < 4.78 is 5.15. The highest BCUT2D eigenvalue weighted by atomic mass is 35.5. The zero-order valence-electron chi connectivity index (χ0n) is 15.8. The molecule has 0 aliphatic rings. The Morgan fingerprint density at radius 2 is 1.89 bits per heavy atom. The number of benzene rings is 2. The number of hydrogen-bond donors (Lipinski definition) is 1. The van der Waals surface area contributed by atoms with Gasteiger partial charge in [-0.25, -0.2) is 4.79 Å². The number of carbonyl (C=O) groups is 2. The molecular weight excluding hydrogens is 384 g/mol. The van der Waals surface area contributed by atoms with Crippen LogP contribution in [0.25, 0.3) is 0 Å². The second-order valence-corrected chi connectivity index (χ2v) is 6.76. The monoisotopic (exact) mass is 404 g/mol. The van der Waals surface area contributed by atoms with Gasteiger partial charge in [0.2, 0.25) is 0 Å². The molecule has 0 aromatic heterocycles. The molecule has 28 heavy (non-hydrogen) atoms. The number of non-ortho nitro benzene ring substituents is 1. The van der Waals surface area contributed by atoms with Gasteiger partial charge in [-0.3, -0.25) is 14.9 Å². The van der Waals surface area contributed by atoms with Crippen molar-refractivity contribution in [1.82, 2.24) is 0 Å². The van der Waals surface area contributed by atoms with Crippen LogP contribution in [-0.2, 0) is 9.53 Å². The zero-order chi connectivity index (χ0) is 20.8. The van der Waals surface area contributed by atoms with Crippen molar-refractivity contribution in [3.8, 4) is 0 Å². The van der Waals surface area contributed by atoms with E-state index >= 15 is 0 Å². The molecule has 0 radical (unpaired) electrons. The summed E-state index contributed by atoms with van der Waals surface area (Å²) in [7, 11) is 0. The van der Waals surface area contributed by atoms with Gasteiger partial charge in [-0.15, -0.1) is 0 Å². The van der Waals surface area contributed by atoms with E-state index in [9.17, 15) is 19.7 Å². The van der Waals surface area contributed by atoms with Crippen LogP contribution in [0, 0.1) is 10.1 Å². The maximum Gasteiger partial charge on any atom is 0.340 e. The number of esters is 1. The molecule has 0 fully saturated rings. The van der Waals surface area contributed by atoms with Crippen LogP contribution in [0.2, 0.25) is 5.02 Å². The normalized spacial score (nSPS) is 12.7. The van der Waals surface area contributed by atoms with Gasteiger partial charge in [0, 0.05) is 17.8 Å². The lowest BCUT2D eigenvalue weighted by atomic mass is 9.97. The van der Waals surface area contributed by atoms with Crippen molar-refractivity contribution in [3.05, 3.63) is 68.7 Å². The quantitative estimate of drug-likeness (QED) is 0.400. The van der Waals surface area contributed by atoms with Crippen molar-refractivity contribution in [2.24, 2.45) is 0 Å². The maximum absolute atomic E-state index is 12.5. The minimum absolute atomic E-state index is 0.00493. The average molecular weight is 405 g/mol. The third-order valence-corrected chi connectivity index (χ3v) is 4.73. The Balaban J connectivity index is 2.12. The number of amides is 1. The fraction of sp³-hybridized carbons (Fsp3) is 0.300. The number of nitrogens with zero attached hydrogens (tertiary/aromatic N) is 1. The SMILES string of the molecule is CC[C@H](C)c1ccccc1NC(=O)[C@H](C)OC(=O)c1cc([N+](=O)[O-])ccc1Cl. The summed E-state index contributed by atoms with van der Waals surface area (Å²) in [4.78, 5) is 35.0. The summed E-state index contributed by atoms with van der Waals surface area (Å²) in [5.74, 6) is -1.17. The van der Waals surface area contributed by atoms with Crippen molar-refractivity contribution < 1.29 is 19.2 Å². The smallest absolute Gasteiger partial charge is 0.340 e. The topological polar surface area (TPSA) is 98.5 Å². The van der Waals surface area contributed by atoms with Crippen LogP contribution < -0.4 is 5.32 Å². The zero-order valence-corrected chi connectivity index (χ0v) is 16.5. The number of ether oxygens (including phenoxy) is 1. The summed E-state index contributed by atoms with van der Waals surface area (Å²) in [5.41, 5.74) is 1.17. The first-order valence-electron chi connectivity index (χ1n) is 8.79. The molecule has 148 valence electrons. The molecule has 2 aromatic rings. The summed E-state index contributed by atoms with van der Waals surface area (Å²) in [5, 5.41) is 13.7. The molecule has 8 heteroatoms. The van der Waals surface area contributed by atoms with Crippen LogP contribution in [0.15, 0.2) is 42.5 Å². The van der Waals surface area contributed by atoms with Crippen molar-refractivity contribution in [1.29, 1.82) is 0 Å². The summed E-state index contributed by atoms with van der Waals surface area (Å²) in [6.07, 6.45) is -0.212. The predicted octanol–water partition coefficient (Wildman–Crippen LogP) is 4.95. The van der Waals surface area contributed by atoms with E-state index in [4.69, 9.17) is 16.3 Å². The van der Waals surface area contributed by atoms with E-state index in [1.807, 2.05) is 12.1 Å². The number of nitro groups is 1. The highest BCUT2D eigenvalue weighted by molar-refractivity contribution is 6.33. The first kappa shape index (κ1) is 21.4. The van der Waals surface area contributed by atoms with Gasteiger partial charge in [-0.2, -0.15) is 0 Å². The van der Waals surface area contributed by atoms with Crippen LogP contribution in [0.5, 0.6) is 0 Å². The highest BCUT2D eigenvalue weighted by Crippen LogP contribution is 2.27. The molecule has 0 heterocycles. The molecule has 0 unspecified atom stereocenters. The lowest BCUT2D eigenvalue weighted by molar-refractivity contribution is -0.384. The van der Waals surface area contributed by atoms with Crippen LogP contribution in [-0.4, -0.2) is 22.9 Å². The van der Waals surface area contributed by atoms with Crippen molar-refractivity contribution in [2.75, 3.05) is 5.32 Å². The number of nitrogens with one attached hydrogen (secondary N) is 1. The average Bonchev–Trinajstić information content (AvgIpc) is 2.67. The van der Waals surface area contributed by atoms with Crippen molar-refractivity contribution >= 4 is 34.9 Å². The van der Waals surface area contributed by atoms with Crippen LogP contribution in [0.1, 0.15) is 49.0 Å². The third kappa shape index (κ3) is 5.07. The molecule has 7 nitrogen and oxygen atoms in total. The Hall–Kier alpha value is -2.93. The number of anilines is 1. The van der Waals surface area contributed by atoms with Crippen molar-refractivity contribution in [3.63, 3.8) is 0 Å². The second kappa shape index (κ2) is 9.32. The minimum atomic E-state index is -1.12. The first-order chi connectivity index (χ1) is 13.2. The summed E-state index contributed by atoms with van der Waals surface area (Å²) in [6, 6.07) is 10.9. The highest BCUT2D eigenvalue weighted by Gasteiger charge is 2.23. The molecule has 2 aromatic carbocycles. The largest absolute Gasteiger partial charge is 0.449 e. The van der Waals surface area contributed by atoms with Gasteiger partial charge < -0.3 is 10.1 Å². The number of halogens is 1. The van der Waals surface area contributed by atoms with Crippen LogP contribution >= 0.6 is 11.6 Å². The molecule has 0 saturated heterocycles. The lowest BCUT2D eigenvalue weighted by Gasteiger charge is -2.18. The fourth-order valence-corrected chi connectivity index (χ4v) is 2.75. The number of rotatable bonds is 7. The Labute approximate surface area is 167 Å². The predicted molar refractivity (Wildman–Crippen MR) is 107 cm³/mol. The molecule has 2 rings (SSSR count). The van der Waals surface area contributed by atoms with Crippen LogP contribution in [0.4, 0.5) is 11.4 Å². The fourth-order valence-electron chi connectivity index (χ4n) is 2.56. The van der Waals surface area contributed by atoms with E-state index in [1.165, 1.54) is 19.1 Å². The van der Waals surface area contributed by atoms with Gasteiger partial charge in [-0.1, -0.05) is 43.6 Å². The molecule has 1 amide bonds. The Morgan fingerprint density at radius 1 is 1.21 bits per heavy atom. The molecule has 0 spiro atoms. The van der Waals surface area contributed by atoms with Gasteiger partial charge in [0.05, 0.1) is 15.5 Å². The minimum Gasteiger partial charge on any atom is -0.449 e. The van der Waals surface area contributed by atoms with Gasteiger partial charge in [0.15, 0.2) is 6.10 Å². The Morgan fingerprint density at radius 3 is 2.54 bits per heavy atom. The van der Waals surface area contributed by atoms with E-state index in [2.05, 4.69) is 19.2 Å². The van der Waals surface area contributed by atoms with Crippen LogP contribution in [0.3, 0.4) is 0 Å². The van der Waals surface area contributed by atoms with E-state index < -0.39 is 22.9 Å². The van der Waals surface area contributed by atoms with Gasteiger partial charge in [0.25, 0.3) is 11.6 Å². The third-order valence-electron chi connectivity index (χ3n) is 4.40. The van der Waals surface area contributed by atoms with Crippen molar-refractivity contribution in [2.45, 2.75) is 39.2 Å². The number of carbonyl (C=O) groups excluding carboxylic acids is 2. The molecular formula is C20H21ClN2O5. The summed E-state index contributed by atoms with van der Waals surface area (Å²) in [6.45, 7) is 5.53.